The van der Waals surface area contributed by atoms with Crippen LogP contribution in [0.25, 0.3) is 22.9 Å². The molecule has 0 radical (unpaired) electrons. The number of aryl methyl sites for hydroxylation is 1. The highest BCUT2D eigenvalue weighted by Crippen LogP contribution is 2.23. The summed E-state index contributed by atoms with van der Waals surface area (Å²) in [7, 11) is 1.27. The molecule has 2 amide bonds. The van der Waals surface area contributed by atoms with E-state index in [0.29, 0.717) is 51.7 Å². The molecule has 2 aromatic carbocycles. The molecule has 0 saturated heterocycles. The molecule has 224 valence electrons. The number of carbonyl (C=O) groups excluding carboxylic acids is 2. The summed E-state index contributed by atoms with van der Waals surface area (Å²) in [6.45, 7) is 2.66. The number of hydrogen-bond acceptors (Lipinski definition) is 9. The zero-order chi connectivity index (χ0) is 31.1. The number of ether oxygens (including phenoxy) is 1. The lowest BCUT2D eigenvalue weighted by Gasteiger charge is -2.17. The Morgan fingerprint density at radius 3 is 2.66 bits per heavy atom. The fourth-order valence-corrected chi connectivity index (χ4v) is 4.55. The standard InChI is InChI=1S/C29H27ClN10O4/c1-3-39-13-12-22(36-39)15-24(33-27(41)11-6-19-14-20(30)7-10-26(19)40-17-31-37-38-40)25-16-23(28(42)35-34-25)18-4-8-21(9-5-18)32-29(43)44-2/h4-14,16-17,24H,3,15H2,1-2H3,(H,32,43)(H,33,41)(H,35,42)/t24-/m0/s1. The molecule has 5 rings (SSSR count). The fourth-order valence-electron chi connectivity index (χ4n) is 4.37. The van der Waals surface area contributed by atoms with Crippen LogP contribution in [0, 0.1) is 0 Å². The van der Waals surface area contributed by atoms with Crippen molar-refractivity contribution in [3.63, 3.8) is 0 Å². The Morgan fingerprint density at radius 2 is 1.95 bits per heavy atom. The lowest BCUT2D eigenvalue weighted by Crippen LogP contribution is -2.30. The van der Waals surface area contributed by atoms with E-state index in [4.69, 9.17) is 11.6 Å². The van der Waals surface area contributed by atoms with Gasteiger partial charge in [0, 0.05) is 41.5 Å². The summed E-state index contributed by atoms with van der Waals surface area (Å²) >= 11 is 6.21. The van der Waals surface area contributed by atoms with E-state index in [1.165, 1.54) is 24.2 Å². The van der Waals surface area contributed by atoms with Gasteiger partial charge in [-0.15, -0.1) is 5.10 Å². The van der Waals surface area contributed by atoms with Gasteiger partial charge in [0.15, 0.2) is 0 Å². The zero-order valence-electron chi connectivity index (χ0n) is 23.6. The van der Waals surface area contributed by atoms with Crippen molar-refractivity contribution in [3.05, 3.63) is 106 Å². The summed E-state index contributed by atoms with van der Waals surface area (Å²) in [4.78, 5) is 37.6. The predicted octanol–water partition coefficient (Wildman–Crippen LogP) is 3.57. The van der Waals surface area contributed by atoms with Crippen molar-refractivity contribution in [1.29, 1.82) is 0 Å². The minimum atomic E-state index is -0.651. The molecule has 14 nitrogen and oxygen atoms in total. The third-order valence-corrected chi connectivity index (χ3v) is 6.79. The largest absolute Gasteiger partial charge is 0.453 e. The van der Waals surface area contributed by atoms with Gasteiger partial charge in [-0.1, -0.05) is 23.7 Å². The summed E-state index contributed by atoms with van der Waals surface area (Å²) in [5, 5.41) is 28.6. The smallest absolute Gasteiger partial charge is 0.411 e. The minimum Gasteiger partial charge on any atom is -0.453 e. The number of nitrogens with one attached hydrogen (secondary N) is 3. The van der Waals surface area contributed by atoms with E-state index in [-0.39, 0.29) is 0 Å². The van der Waals surface area contributed by atoms with Crippen molar-refractivity contribution in [1.82, 2.24) is 45.5 Å². The third kappa shape index (κ3) is 7.22. The molecule has 3 heterocycles. The maximum absolute atomic E-state index is 13.3. The van der Waals surface area contributed by atoms with Crippen LogP contribution in [0.3, 0.4) is 0 Å². The first-order chi connectivity index (χ1) is 21.3. The van der Waals surface area contributed by atoms with Crippen molar-refractivity contribution in [2.24, 2.45) is 0 Å². The molecule has 15 heteroatoms. The number of methoxy groups -OCH3 is 1. The highest BCUT2D eigenvalue weighted by molar-refractivity contribution is 6.30. The minimum absolute atomic E-state index is 0.306. The summed E-state index contributed by atoms with van der Waals surface area (Å²) in [6, 6.07) is 14.6. The quantitative estimate of drug-likeness (QED) is 0.199. The second-order valence-electron chi connectivity index (χ2n) is 9.45. The molecule has 0 saturated carbocycles. The van der Waals surface area contributed by atoms with E-state index < -0.39 is 23.6 Å². The number of aromatic nitrogens is 8. The van der Waals surface area contributed by atoms with Crippen LogP contribution in [0.2, 0.25) is 5.02 Å². The second-order valence-corrected chi connectivity index (χ2v) is 9.88. The Morgan fingerprint density at radius 1 is 1.14 bits per heavy atom. The van der Waals surface area contributed by atoms with Gasteiger partial charge in [0.1, 0.15) is 6.33 Å². The Kier molecular flexibility index (Phi) is 9.20. The van der Waals surface area contributed by atoms with Gasteiger partial charge >= 0.3 is 6.09 Å². The van der Waals surface area contributed by atoms with E-state index in [9.17, 15) is 14.4 Å². The Hall–Kier alpha value is -5.63. The van der Waals surface area contributed by atoms with Gasteiger partial charge in [-0.2, -0.15) is 14.9 Å². The maximum Gasteiger partial charge on any atom is 0.411 e. The number of H-pyrrole nitrogens is 1. The molecule has 0 spiro atoms. The number of aromatic amines is 1. The van der Waals surface area contributed by atoms with Gasteiger partial charge < -0.3 is 10.1 Å². The lowest BCUT2D eigenvalue weighted by atomic mass is 10.0. The molecule has 0 aliphatic carbocycles. The molecule has 3 N–H and O–H groups in total. The normalized spacial score (nSPS) is 11.8. The highest BCUT2D eigenvalue weighted by atomic mass is 35.5. The summed E-state index contributed by atoms with van der Waals surface area (Å²) < 4.78 is 7.86. The van der Waals surface area contributed by atoms with Crippen LogP contribution < -0.4 is 16.2 Å². The molecule has 1 atom stereocenters. The number of nitrogens with zero attached hydrogens (tertiary/aromatic N) is 7. The van der Waals surface area contributed by atoms with Gasteiger partial charge in [-0.25, -0.2) is 9.89 Å². The summed E-state index contributed by atoms with van der Waals surface area (Å²) in [5.74, 6) is -0.416. The first-order valence-corrected chi connectivity index (χ1v) is 13.8. The molecule has 0 aliphatic heterocycles. The van der Waals surface area contributed by atoms with Crippen molar-refractivity contribution in [2.75, 3.05) is 12.4 Å². The Bertz CT molecular complexity index is 1850. The molecular formula is C29H27ClN10O4. The monoisotopic (exact) mass is 614 g/mol. The Labute approximate surface area is 255 Å². The maximum atomic E-state index is 13.3. The Balaban J connectivity index is 1.43. The van der Waals surface area contributed by atoms with Crippen LogP contribution in [0.1, 0.15) is 29.9 Å². The van der Waals surface area contributed by atoms with Crippen LogP contribution in [-0.2, 0) is 22.5 Å². The van der Waals surface area contributed by atoms with E-state index in [1.807, 2.05) is 19.2 Å². The van der Waals surface area contributed by atoms with E-state index in [0.717, 1.165) is 5.69 Å². The van der Waals surface area contributed by atoms with Crippen molar-refractivity contribution >= 4 is 35.4 Å². The molecule has 0 fully saturated rings. The predicted molar refractivity (Wildman–Crippen MR) is 162 cm³/mol. The fraction of sp³-hybridized carbons (Fsp3) is 0.172. The first-order valence-electron chi connectivity index (χ1n) is 13.4. The molecule has 44 heavy (non-hydrogen) atoms. The van der Waals surface area contributed by atoms with Crippen LogP contribution >= 0.6 is 11.6 Å². The molecule has 0 unspecified atom stereocenters. The number of amides is 2. The van der Waals surface area contributed by atoms with Gasteiger partial charge in [-0.3, -0.25) is 19.6 Å². The topological polar surface area (TPSA) is 175 Å². The number of rotatable bonds is 10. The van der Waals surface area contributed by atoms with Crippen LogP contribution in [-0.4, -0.2) is 59.3 Å². The lowest BCUT2D eigenvalue weighted by molar-refractivity contribution is -0.117. The average molecular weight is 615 g/mol. The summed E-state index contributed by atoms with van der Waals surface area (Å²) in [5.41, 5.74) is 3.39. The van der Waals surface area contributed by atoms with E-state index >= 15 is 0 Å². The number of hydrogen-bond donors (Lipinski definition) is 3. The molecule has 0 aliphatic rings. The number of anilines is 1. The first kappa shape index (κ1) is 29.8. The summed E-state index contributed by atoms with van der Waals surface area (Å²) in [6.07, 6.45) is 5.97. The number of carbonyl (C=O) groups is 2. The second kappa shape index (κ2) is 13.6. The van der Waals surface area contributed by atoms with Crippen LogP contribution in [0.5, 0.6) is 0 Å². The van der Waals surface area contributed by atoms with E-state index in [2.05, 4.69) is 46.2 Å². The van der Waals surface area contributed by atoms with Gasteiger partial charge in [0.2, 0.25) is 5.91 Å². The number of halogens is 1. The van der Waals surface area contributed by atoms with Crippen molar-refractivity contribution < 1.29 is 14.3 Å². The van der Waals surface area contributed by atoms with E-state index in [1.54, 1.807) is 59.3 Å². The zero-order valence-corrected chi connectivity index (χ0v) is 24.4. The molecular weight excluding hydrogens is 588 g/mol. The van der Waals surface area contributed by atoms with Crippen LogP contribution in [0.15, 0.2) is 78.0 Å². The number of benzene rings is 2. The van der Waals surface area contributed by atoms with Crippen LogP contribution in [0.4, 0.5) is 10.5 Å². The van der Waals surface area contributed by atoms with Gasteiger partial charge in [0.25, 0.3) is 5.56 Å². The molecule has 3 aromatic heterocycles. The van der Waals surface area contributed by atoms with Gasteiger partial charge in [0.05, 0.1) is 35.8 Å². The third-order valence-electron chi connectivity index (χ3n) is 6.56. The number of tetrazole rings is 1. The highest BCUT2D eigenvalue weighted by Gasteiger charge is 2.20. The SMILES string of the molecule is CCn1ccc(C[C@H](NC(=O)C=Cc2cc(Cl)ccc2-n2cnnn2)c2cc(-c3ccc(NC(=O)OC)cc3)c(=O)[nH]n2)n1. The average Bonchev–Trinajstić information content (AvgIpc) is 3.73. The van der Waals surface area contributed by atoms with Crippen molar-refractivity contribution in [2.45, 2.75) is 25.9 Å². The molecule has 5 aromatic rings. The molecule has 0 bridgehead atoms. The van der Waals surface area contributed by atoms with Gasteiger partial charge in [-0.05, 0) is 71.5 Å². The van der Waals surface area contributed by atoms with Crippen molar-refractivity contribution in [3.8, 4) is 16.8 Å².